The lowest BCUT2D eigenvalue weighted by Gasteiger charge is -2.17. The number of hydrogen-bond donors (Lipinski definition) is 2. The van der Waals surface area contributed by atoms with Crippen molar-refractivity contribution in [3.8, 4) is 11.5 Å². The normalized spacial score (nSPS) is 11.0. The number of carbonyl (C=O) groups is 2. The Morgan fingerprint density at radius 2 is 1.74 bits per heavy atom. The second-order valence-corrected chi connectivity index (χ2v) is 7.92. The molecule has 0 saturated carbocycles. The average molecular weight is 453 g/mol. The first-order valence-electron chi connectivity index (χ1n) is 8.93. The van der Waals surface area contributed by atoms with Crippen molar-refractivity contribution in [2.45, 2.75) is 11.8 Å². The fourth-order valence-electron chi connectivity index (χ4n) is 2.66. The van der Waals surface area contributed by atoms with Gasteiger partial charge in [-0.3, -0.25) is 4.72 Å². The Bertz CT molecular complexity index is 1080. The largest absolute Gasteiger partial charge is 0.493 e. The van der Waals surface area contributed by atoms with E-state index in [1.807, 2.05) is 0 Å². The van der Waals surface area contributed by atoms with Gasteiger partial charge in [0, 0.05) is 19.2 Å². The maximum atomic E-state index is 13.0. The first-order chi connectivity index (χ1) is 14.6. The average Bonchev–Trinajstić information content (AvgIpc) is 2.73. The van der Waals surface area contributed by atoms with Crippen LogP contribution < -0.4 is 14.2 Å². The summed E-state index contributed by atoms with van der Waals surface area (Å²) in [6, 6.07) is 6.41. The number of benzene rings is 2. The number of ether oxygens (including phenoxy) is 4. The number of sulfonamides is 1. The van der Waals surface area contributed by atoms with Crippen LogP contribution in [0.25, 0.3) is 0 Å². The number of esters is 1. The van der Waals surface area contributed by atoms with Gasteiger partial charge in [0.1, 0.15) is 6.61 Å². The number of aromatic carboxylic acids is 1. The maximum Gasteiger partial charge on any atom is 0.337 e. The number of carboxylic acid groups (broad SMARTS) is 1. The lowest BCUT2D eigenvalue weighted by Crippen LogP contribution is -2.18. The van der Waals surface area contributed by atoms with Gasteiger partial charge < -0.3 is 24.1 Å². The Hall–Kier alpha value is -3.31. The zero-order valence-electron chi connectivity index (χ0n) is 17.4. The molecule has 0 amide bonds. The summed E-state index contributed by atoms with van der Waals surface area (Å²) in [6.45, 7) is 1.93. The van der Waals surface area contributed by atoms with Crippen molar-refractivity contribution >= 4 is 27.6 Å². The molecule has 0 aliphatic heterocycles. The number of carbonyl (C=O) groups excluding carboxylic acids is 1. The van der Waals surface area contributed by atoms with Crippen LogP contribution in [-0.2, 0) is 19.5 Å². The molecule has 0 atom stereocenters. The van der Waals surface area contributed by atoms with Crippen molar-refractivity contribution in [3.05, 3.63) is 47.0 Å². The third-order valence-electron chi connectivity index (χ3n) is 4.22. The third-order valence-corrected chi connectivity index (χ3v) is 5.73. The van der Waals surface area contributed by atoms with Crippen molar-refractivity contribution < 1.29 is 42.1 Å². The molecular formula is C20H23NO9S. The fraction of sp³-hybridized carbons (Fsp3) is 0.300. The molecule has 0 radical (unpaired) electrons. The molecule has 0 saturated heterocycles. The highest BCUT2D eigenvalue weighted by Gasteiger charge is 2.24. The Morgan fingerprint density at radius 3 is 2.32 bits per heavy atom. The van der Waals surface area contributed by atoms with Gasteiger partial charge in [-0.2, -0.15) is 0 Å². The lowest BCUT2D eigenvalue weighted by atomic mass is 10.1. The van der Waals surface area contributed by atoms with Crippen LogP contribution in [0.4, 0.5) is 5.69 Å². The summed E-state index contributed by atoms with van der Waals surface area (Å²) in [7, 11) is -0.278. The lowest BCUT2D eigenvalue weighted by molar-refractivity contribution is 0.0599. The molecule has 168 valence electrons. The van der Waals surface area contributed by atoms with Crippen molar-refractivity contribution in [1.29, 1.82) is 0 Å². The molecule has 0 aliphatic rings. The smallest absolute Gasteiger partial charge is 0.337 e. The summed E-state index contributed by atoms with van der Waals surface area (Å²) in [4.78, 5) is 23.3. The molecule has 2 aromatic carbocycles. The van der Waals surface area contributed by atoms with Crippen LogP contribution in [-0.4, -0.2) is 60.0 Å². The molecule has 11 heteroatoms. The Kier molecular flexibility index (Phi) is 7.83. The van der Waals surface area contributed by atoms with E-state index in [-0.39, 0.29) is 46.4 Å². The van der Waals surface area contributed by atoms with Crippen LogP contribution in [0, 0.1) is 6.92 Å². The van der Waals surface area contributed by atoms with Gasteiger partial charge in [0.05, 0.1) is 42.5 Å². The molecule has 2 aromatic rings. The summed E-state index contributed by atoms with van der Waals surface area (Å²) >= 11 is 0. The predicted molar refractivity (Wildman–Crippen MR) is 111 cm³/mol. The molecule has 0 heterocycles. The number of carboxylic acids is 1. The number of rotatable bonds is 10. The van der Waals surface area contributed by atoms with Gasteiger partial charge in [-0.15, -0.1) is 0 Å². The van der Waals surface area contributed by atoms with Crippen molar-refractivity contribution in [2.75, 3.05) is 39.3 Å². The molecule has 0 unspecified atom stereocenters. The van der Waals surface area contributed by atoms with Crippen LogP contribution in [0.2, 0.25) is 0 Å². The van der Waals surface area contributed by atoms with Crippen molar-refractivity contribution in [3.63, 3.8) is 0 Å². The summed E-state index contributed by atoms with van der Waals surface area (Å²) in [6.07, 6.45) is 0. The Balaban J connectivity index is 2.53. The van der Waals surface area contributed by atoms with Crippen LogP contribution >= 0.6 is 0 Å². The van der Waals surface area contributed by atoms with E-state index >= 15 is 0 Å². The predicted octanol–water partition coefficient (Wildman–Crippen LogP) is 2.31. The molecule has 10 nitrogen and oxygen atoms in total. The van der Waals surface area contributed by atoms with Gasteiger partial charge >= 0.3 is 11.9 Å². The van der Waals surface area contributed by atoms with Gasteiger partial charge in [0.15, 0.2) is 11.5 Å². The van der Waals surface area contributed by atoms with Crippen LogP contribution in [0.1, 0.15) is 26.3 Å². The zero-order chi connectivity index (χ0) is 23.2. The first kappa shape index (κ1) is 24.0. The molecular weight excluding hydrogens is 430 g/mol. The van der Waals surface area contributed by atoms with E-state index in [1.165, 1.54) is 39.5 Å². The highest BCUT2D eigenvalue weighted by molar-refractivity contribution is 7.92. The number of hydrogen-bond acceptors (Lipinski definition) is 8. The zero-order valence-corrected chi connectivity index (χ0v) is 18.2. The van der Waals surface area contributed by atoms with Gasteiger partial charge in [0.2, 0.25) is 0 Å². The second-order valence-electron chi connectivity index (χ2n) is 6.27. The van der Waals surface area contributed by atoms with E-state index in [0.717, 1.165) is 12.1 Å². The molecule has 0 fully saturated rings. The van der Waals surface area contributed by atoms with E-state index in [4.69, 9.17) is 14.2 Å². The minimum Gasteiger partial charge on any atom is -0.493 e. The Labute approximate surface area is 179 Å². The summed E-state index contributed by atoms with van der Waals surface area (Å²) in [5.41, 5.74) is -0.197. The fourth-order valence-corrected chi connectivity index (χ4v) is 4.01. The van der Waals surface area contributed by atoms with E-state index in [0.29, 0.717) is 5.56 Å². The van der Waals surface area contributed by atoms with Crippen LogP contribution in [0.3, 0.4) is 0 Å². The topological polar surface area (TPSA) is 137 Å². The van der Waals surface area contributed by atoms with Crippen molar-refractivity contribution in [1.82, 2.24) is 0 Å². The van der Waals surface area contributed by atoms with Gasteiger partial charge in [-0.1, -0.05) is 6.07 Å². The maximum absolute atomic E-state index is 13.0. The van der Waals surface area contributed by atoms with Gasteiger partial charge in [0.25, 0.3) is 10.0 Å². The Morgan fingerprint density at radius 1 is 1.03 bits per heavy atom. The van der Waals surface area contributed by atoms with E-state index < -0.39 is 22.0 Å². The highest BCUT2D eigenvalue weighted by Crippen LogP contribution is 2.35. The molecule has 2 rings (SSSR count). The van der Waals surface area contributed by atoms with Crippen LogP contribution in [0.15, 0.2) is 35.2 Å². The quantitative estimate of drug-likeness (QED) is 0.410. The molecule has 0 spiro atoms. The minimum absolute atomic E-state index is 0.0326. The molecule has 2 N–H and O–H groups in total. The summed E-state index contributed by atoms with van der Waals surface area (Å²) in [5.74, 6) is -1.84. The summed E-state index contributed by atoms with van der Waals surface area (Å²) in [5, 5.41) is 9.55. The van der Waals surface area contributed by atoms with Crippen LogP contribution in [0.5, 0.6) is 11.5 Å². The first-order valence-corrected chi connectivity index (χ1v) is 10.4. The van der Waals surface area contributed by atoms with Gasteiger partial charge in [-0.05, 0) is 24.6 Å². The number of anilines is 1. The third kappa shape index (κ3) is 5.64. The molecule has 0 aromatic heterocycles. The standard InChI is InChI=1S/C20H23NO9S/c1-12-5-6-13(20(24)29-4)9-18(12)31(25,26)21-15-11-17(30-8-7-27-2)16(28-3)10-14(15)19(22)23/h5-6,9-11,21H,7-8H2,1-4H3,(H,22,23). The second kappa shape index (κ2) is 10.1. The van der Waals surface area contributed by atoms with E-state index in [2.05, 4.69) is 9.46 Å². The number of aryl methyl sites for hydroxylation is 1. The van der Waals surface area contributed by atoms with E-state index in [9.17, 15) is 23.1 Å². The van der Waals surface area contributed by atoms with Gasteiger partial charge in [-0.25, -0.2) is 18.0 Å². The molecule has 31 heavy (non-hydrogen) atoms. The molecule has 0 bridgehead atoms. The SMILES string of the molecule is COCCOc1cc(NS(=O)(=O)c2cc(C(=O)OC)ccc2C)c(C(=O)O)cc1OC. The highest BCUT2D eigenvalue weighted by atomic mass is 32.2. The number of methoxy groups -OCH3 is 3. The van der Waals surface area contributed by atoms with Crippen molar-refractivity contribution in [2.24, 2.45) is 0 Å². The number of nitrogens with one attached hydrogen (secondary N) is 1. The molecule has 0 aliphatic carbocycles. The monoisotopic (exact) mass is 453 g/mol. The minimum atomic E-state index is -4.27. The van der Waals surface area contributed by atoms with E-state index in [1.54, 1.807) is 6.92 Å². The summed E-state index contributed by atoms with van der Waals surface area (Å²) < 4.78 is 48.5.